The first-order valence-electron chi connectivity index (χ1n) is 8.86. The number of anilines is 1. The number of amides is 1. The minimum absolute atomic E-state index is 0.200. The zero-order chi connectivity index (χ0) is 18.4. The highest BCUT2D eigenvalue weighted by Crippen LogP contribution is 2.21. The van der Waals surface area contributed by atoms with Crippen LogP contribution >= 0.6 is 0 Å². The van der Waals surface area contributed by atoms with E-state index >= 15 is 0 Å². The fourth-order valence-electron chi connectivity index (χ4n) is 2.79. The second-order valence-corrected chi connectivity index (χ2v) is 6.09. The molecule has 138 valence electrons. The normalized spacial score (nSPS) is 14.8. The van der Waals surface area contributed by atoms with Gasteiger partial charge in [-0.15, -0.1) is 0 Å². The van der Waals surface area contributed by atoms with Crippen LogP contribution in [0, 0.1) is 6.92 Å². The Morgan fingerprint density at radius 1 is 1.31 bits per heavy atom. The lowest BCUT2D eigenvalue weighted by Gasteiger charge is -2.15. The minimum Gasteiger partial charge on any atom is -0.357 e. The average molecular weight is 356 g/mol. The predicted octanol–water partition coefficient (Wildman–Crippen LogP) is 1.76. The smallest absolute Gasteiger partial charge is 0.227 e. The van der Waals surface area contributed by atoms with E-state index in [0.29, 0.717) is 37.2 Å². The van der Waals surface area contributed by atoms with Crippen LogP contribution in [0.5, 0.6) is 0 Å². The van der Waals surface area contributed by atoms with Gasteiger partial charge in [-0.05, 0) is 31.0 Å². The second-order valence-electron chi connectivity index (χ2n) is 6.09. The number of hydrogen-bond donors (Lipinski definition) is 2. The summed E-state index contributed by atoms with van der Waals surface area (Å²) in [5.41, 5.74) is 2.03. The van der Waals surface area contributed by atoms with Crippen LogP contribution in [-0.4, -0.2) is 35.1 Å². The van der Waals surface area contributed by atoms with E-state index in [1.807, 2.05) is 36.1 Å². The zero-order valence-electron chi connectivity index (χ0n) is 15.2. The average Bonchev–Trinajstić information content (AvgIpc) is 3.26. The molecular weight excluding hydrogens is 332 g/mol. The van der Waals surface area contributed by atoms with Crippen molar-refractivity contribution in [1.29, 1.82) is 0 Å². The Morgan fingerprint density at radius 2 is 2.12 bits per heavy atom. The van der Waals surface area contributed by atoms with Crippen LogP contribution in [-0.2, 0) is 17.9 Å². The number of nitrogens with zero attached hydrogens (tertiary/aromatic N) is 4. The van der Waals surface area contributed by atoms with E-state index in [2.05, 4.69) is 25.8 Å². The number of aromatic nitrogens is 2. The van der Waals surface area contributed by atoms with E-state index in [9.17, 15) is 4.79 Å². The van der Waals surface area contributed by atoms with E-state index in [1.165, 1.54) is 0 Å². The highest BCUT2D eigenvalue weighted by atomic mass is 16.5. The molecule has 0 radical (unpaired) electrons. The van der Waals surface area contributed by atoms with Crippen LogP contribution in [0.2, 0.25) is 0 Å². The largest absolute Gasteiger partial charge is 0.357 e. The van der Waals surface area contributed by atoms with Gasteiger partial charge in [-0.25, -0.2) is 4.99 Å². The van der Waals surface area contributed by atoms with E-state index in [1.54, 1.807) is 6.92 Å². The highest BCUT2D eigenvalue weighted by Gasteiger charge is 2.21. The van der Waals surface area contributed by atoms with Crippen molar-refractivity contribution in [2.45, 2.75) is 39.8 Å². The lowest BCUT2D eigenvalue weighted by molar-refractivity contribution is -0.117. The number of aliphatic imine (C=N–C) groups is 1. The third kappa shape index (κ3) is 4.59. The van der Waals surface area contributed by atoms with E-state index in [0.717, 1.165) is 30.8 Å². The van der Waals surface area contributed by atoms with Crippen LogP contribution in [0.1, 0.15) is 37.0 Å². The van der Waals surface area contributed by atoms with Crippen LogP contribution in [0.3, 0.4) is 0 Å². The summed E-state index contributed by atoms with van der Waals surface area (Å²) in [4.78, 5) is 22.4. The molecule has 2 heterocycles. The van der Waals surface area contributed by atoms with Crippen molar-refractivity contribution in [3.05, 3.63) is 41.5 Å². The summed E-state index contributed by atoms with van der Waals surface area (Å²) in [5, 5.41) is 10.2. The third-order valence-electron chi connectivity index (χ3n) is 4.07. The first-order chi connectivity index (χ1) is 12.7. The summed E-state index contributed by atoms with van der Waals surface area (Å²) >= 11 is 0. The Kier molecular flexibility index (Phi) is 5.83. The number of carbonyl (C=O) groups excluding carboxylic acids is 1. The number of aryl methyl sites for hydroxylation is 1. The van der Waals surface area contributed by atoms with Crippen molar-refractivity contribution in [1.82, 2.24) is 20.8 Å². The van der Waals surface area contributed by atoms with Gasteiger partial charge in [-0.3, -0.25) is 4.79 Å². The minimum atomic E-state index is 0.200. The molecule has 1 aromatic carbocycles. The number of nitrogens with one attached hydrogen (secondary N) is 2. The molecule has 26 heavy (non-hydrogen) atoms. The second kappa shape index (κ2) is 8.46. The summed E-state index contributed by atoms with van der Waals surface area (Å²) in [5.74, 6) is 2.02. The first-order valence-corrected chi connectivity index (χ1v) is 8.86. The zero-order valence-corrected chi connectivity index (χ0v) is 15.2. The lowest BCUT2D eigenvalue weighted by atomic mass is 10.2. The number of benzene rings is 1. The van der Waals surface area contributed by atoms with E-state index in [-0.39, 0.29) is 5.91 Å². The molecule has 1 saturated heterocycles. The van der Waals surface area contributed by atoms with Gasteiger partial charge in [0.15, 0.2) is 11.8 Å². The van der Waals surface area contributed by atoms with Crippen molar-refractivity contribution in [3.8, 4) is 0 Å². The van der Waals surface area contributed by atoms with Gasteiger partial charge in [0.2, 0.25) is 11.8 Å². The Labute approximate surface area is 152 Å². The van der Waals surface area contributed by atoms with Gasteiger partial charge in [0.25, 0.3) is 0 Å². The van der Waals surface area contributed by atoms with E-state index in [4.69, 9.17) is 4.52 Å². The molecule has 8 nitrogen and oxygen atoms in total. The molecule has 8 heteroatoms. The van der Waals surface area contributed by atoms with Gasteiger partial charge in [0.05, 0.1) is 13.1 Å². The Bertz CT molecular complexity index is 768. The summed E-state index contributed by atoms with van der Waals surface area (Å²) < 4.78 is 4.96. The molecule has 1 amide bonds. The molecule has 0 bridgehead atoms. The maximum absolute atomic E-state index is 11.8. The molecule has 0 atom stereocenters. The number of hydrogen-bond acceptors (Lipinski definition) is 5. The molecule has 0 saturated carbocycles. The van der Waals surface area contributed by atoms with Crippen LogP contribution in [0.4, 0.5) is 5.69 Å². The van der Waals surface area contributed by atoms with E-state index < -0.39 is 0 Å². The summed E-state index contributed by atoms with van der Waals surface area (Å²) in [6, 6.07) is 7.99. The number of rotatable bonds is 6. The van der Waals surface area contributed by atoms with Crippen LogP contribution in [0.15, 0.2) is 33.8 Å². The number of carbonyl (C=O) groups is 1. The van der Waals surface area contributed by atoms with Gasteiger partial charge in [-0.2, -0.15) is 4.98 Å². The number of guanidine groups is 1. The van der Waals surface area contributed by atoms with Crippen LogP contribution in [0.25, 0.3) is 0 Å². The molecular formula is C18H24N6O2. The van der Waals surface area contributed by atoms with Gasteiger partial charge in [0, 0.05) is 32.1 Å². The SMILES string of the molecule is CCNC(=NCc1ccc(N2CCCC2=O)cc1)NCc1noc(C)n1. The summed E-state index contributed by atoms with van der Waals surface area (Å²) in [7, 11) is 0. The maximum Gasteiger partial charge on any atom is 0.227 e. The molecule has 1 aliphatic rings. The molecule has 3 rings (SSSR count). The Balaban J connectivity index is 1.58. The van der Waals surface area contributed by atoms with Gasteiger partial charge >= 0.3 is 0 Å². The maximum atomic E-state index is 11.8. The molecule has 1 fully saturated rings. The lowest BCUT2D eigenvalue weighted by Crippen LogP contribution is -2.37. The van der Waals surface area contributed by atoms with Crippen molar-refractivity contribution in [3.63, 3.8) is 0 Å². The van der Waals surface area contributed by atoms with Gasteiger partial charge in [0.1, 0.15) is 0 Å². The molecule has 0 aliphatic carbocycles. The quantitative estimate of drug-likeness (QED) is 0.605. The molecule has 2 N–H and O–H groups in total. The van der Waals surface area contributed by atoms with Crippen molar-refractivity contribution in [2.24, 2.45) is 4.99 Å². The van der Waals surface area contributed by atoms with Gasteiger partial charge in [-0.1, -0.05) is 17.3 Å². The molecule has 0 unspecified atom stereocenters. The van der Waals surface area contributed by atoms with Crippen molar-refractivity contribution in [2.75, 3.05) is 18.0 Å². The third-order valence-corrected chi connectivity index (χ3v) is 4.07. The van der Waals surface area contributed by atoms with Crippen molar-refractivity contribution >= 4 is 17.6 Å². The molecule has 1 aliphatic heterocycles. The summed E-state index contributed by atoms with van der Waals surface area (Å²) in [6.07, 6.45) is 1.58. The fraction of sp³-hybridized carbons (Fsp3) is 0.444. The first kappa shape index (κ1) is 17.9. The summed E-state index contributed by atoms with van der Waals surface area (Å²) in [6.45, 7) is 6.31. The van der Waals surface area contributed by atoms with Crippen LogP contribution < -0.4 is 15.5 Å². The fourth-order valence-corrected chi connectivity index (χ4v) is 2.79. The highest BCUT2D eigenvalue weighted by molar-refractivity contribution is 5.95. The topological polar surface area (TPSA) is 95.7 Å². The molecule has 0 spiro atoms. The Hall–Kier alpha value is -2.90. The monoisotopic (exact) mass is 356 g/mol. The molecule has 1 aromatic heterocycles. The predicted molar refractivity (Wildman–Crippen MR) is 98.7 cm³/mol. The molecule has 2 aromatic rings. The standard InChI is InChI=1S/C18H24N6O2/c1-3-19-18(21-12-16-22-13(2)26-23-16)20-11-14-6-8-15(9-7-14)24-10-4-5-17(24)25/h6-9H,3-5,10-12H2,1-2H3,(H2,19,20,21). The Morgan fingerprint density at radius 3 is 2.73 bits per heavy atom. The van der Waals surface area contributed by atoms with Crippen molar-refractivity contribution < 1.29 is 9.32 Å². The van der Waals surface area contributed by atoms with Gasteiger partial charge < -0.3 is 20.1 Å².